The SMILES string of the molecule is C[C@@H](C(=O)Nc1ccc2c(c1)OCO2)N(C)Cc1ccccc1F. The van der Waals surface area contributed by atoms with E-state index in [1.807, 2.05) is 0 Å². The van der Waals surface area contributed by atoms with Crippen molar-refractivity contribution in [2.75, 3.05) is 19.2 Å². The number of carbonyl (C=O) groups is 1. The van der Waals surface area contributed by atoms with Gasteiger partial charge in [0.2, 0.25) is 12.7 Å². The van der Waals surface area contributed by atoms with Crippen LogP contribution in [0.4, 0.5) is 10.1 Å². The summed E-state index contributed by atoms with van der Waals surface area (Å²) in [6.07, 6.45) is 0. The van der Waals surface area contributed by atoms with Crippen molar-refractivity contribution in [3.8, 4) is 11.5 Å². The molecule has 0 aliphatic carbocycles. The molecule has 5 nitrogen and oxygen atoms in total. The molecule has 1 atom stereocenters. The van der Waals surface area contributed by atoms with Gasteiger partial charge >= 0.3 is 0 Å². The fraction of sp³-hybridized carbons (Fsp3) is 0.278. The molecule has 2 aromatic rings. The van der Waals surface area contributed by atoms with Gasteiger partial charge in [-0.1, -0.05) is 18.2 Å². The second kappa shape index (κ2) is 6.88. The third-order valence-corrected chi connectivity index (χ3v) is 4.06. The fourth-order valence-corrected chi connectivity index (χ4v) is 2.45. The van der Waals surface area contributed by atoms with Crippen molar-refractivity contribution in [1.82, 2.24) is 4.90 Å². The smallest absolute Gasteiger partial charge is 0.241 e. The van der Waals surface area contributed by atoms with Gasteiger partial charge in [-0.15, -0.1) is 0 Å². The van der Waals surface area contributed by atoms with Crippen LogP contribution in [0.1, 0.15) is 12.5 Å². The number of amides is 1. The normalized spacial score (nSPS) is 13.8. The number of rotatable bonds is 5. The number of nitrogens with zero attached hydrogens (tertiary/aromatic N) is 1. The van der Waals surface area contributed by atoms with Crippen LogP contribution in [0.15, 0.2) is 42.5 Å². The zero-order valence-electron chi connectivity index (χ0n) is 13.6. The van der Waals surface area contributed by atoms with Crippen molar-refractivity contribution in [3.05, 3.63) is 53.8 Å². The van der Waals surface area contributed by atoms with Gasteiger partial charge in [0.25, 0.3) is 0 Å². The second-order valence-electron chi connectivity index (χ2n) is 5.74. The molecular weight excluding hydrogens is 311 g/mol. The average Bonchev–Trinajstić information content (AvgIpc) is 3.03. The Morgan fingerprint density at radius 3 is 2.79 bits per heavy atom. The first-order valence-corrected chi connectivity index (χ1v) is 7.69. The van der Waals surface area contributed by atoms with E-state index in [4.69, 9.17) is 9.47 Å². The number of benzene rings is 2. The van der Waals surface area contributed by atoms with Gasteiger partial charge in [-0.25, -0.2) is 4.39 Å². The predicted octanol–water partition coefficient (Wildman–Crippen LogP) is 3.01. The molecule has 3 rings (SSSR count). The summed E-state index contributed by atoms with van der Waals surface area (Å²) in [7, 11) is 1.79. The van der Waals surface area contributed by atoms with E-state index in [1.165, 1.54) is 6.07 Å². The van der Waals surface area contributed by atoms with Crippen molar-refractivity contribution in [2.24, 2.45) is 0 Å². The lowest BCUT2D eigenvalue weighted by Gasteiger charge is -2.24. The first kappa shape index (κ1) is 16.3. The fourth-order valence-electron chi connectivity index (χ4n) is 2.45. The summed E-state index contributed by atoms with van der Waals surface area (Å²) >= 11 is 0. The maximum absolute atomic E-state index is 13.7. The highest BCUT2D eigenvalue weighted by Crippen LogP contribution is 2.34. The van der Waals surface area contributed by atoms with Crippen LogP contribution in [0, 0.1) is 5.82 Å². The highest BCUT2D eigenvalue weighted by atomic mass is 19.1. The van der Waals surface area contributed by atoms with Crippen LogP contribution < -0.4 is 14.8 Å². The van der Waals surface area contributed by atoms with Crippen molar-refractivity contribution >= 4 is 11.6 Å². The van der Waals surface area contributed by atoms with E-state index in [2.05, 4.69) is 5.32 Å². The Morgan fingerprint density at radius 2 is 2.00 bits per heavy atom. The Morgan fingerprint density at radius 1 is 1.25 bits per heavy atom. The number of anilines is 1. The number of nitrogens with one attached hydrogen (secondary N) is 1. The predicted molar refractivity (Wildman–Crippen MR) is 88.5 cm³/mol. The van der Waals surface area contributed by atoms with Gasteiger partial charge in [0.05, 0.1) is 6.04 Å². The number of halogens is 1. The molecule has 1 aliphatic heterocycles. The van der Waals surface area contributed by atoms with E-state index >= 15 is 0 Å². The summed E-state index contributed by atoms with van der Waals surface area (Å²) < 4.78 is 24.3. The summed E-state index contributed by atoms with van der Waals surface area (Å²) in [4.78, 5) is 14.2. The van der Waals surface area contributed by atoms with Crippen molar-refractivity contribution < 1.29 is 18.7 Å². The van der Waals surface area contributed by atoms with Crippen LogP contribution in [0.25, 0.3) is 0 Å². The lowest BCUT2D eigenvalue weighted by atomic mass is 10.1. The first-order chi connectivity index (χ1) is 11.5. The third-order valence-electron chi connectivity index (χ3n) is 4.06. The molecule has 2 aromatic carbocycles. The molecule has 0 bridgehead atoms. The molecule has 1 heterocycles. The summed E-state index contributed by atoms with van der Waals surface area (Å²) in [6.45, 7) is 2.32. The number of ether oxygens (including phenoxy) is 2. The van der Waals surface area contributed by atoms with Gasteiger partial charge in [0, 0.05) is 23.9 Å². The molecule has 0 spiro atoms. The van der Waals surface area contributed by atoms with Gasteiger partial charge in [-0.05, 0) is 32.2 Å². The van der Waals surface area contributed by atoms with Crippen LogP contribution in [-0.2, 0) is 11.3 Å². The number of hydrogen-bond acceptors (Lipinski definition) is 4. The summed E-state index contributed by atoms with van der Waals surface area (Å²) in [5.41, 5.74) is 1.19. The molecular formula is C18H19FN2O3. The van der Waals surface area contributed by atoms with Gasteiger partial charge < -0.3 is 14.8 Å². The average molecular weight is 330 g/mol. The molecule has 0 radical (unpaired) electrons. The van der Waals surface area contributed by atoms with Crippen LogP contribution in [-0.4, -0.2) is 30.7 Å². The minimum Gasteiger partial charge on any atom is -0.454 e. The van der Waals surface area contributed by atoms with Crippen LogP contribution in [0.5, 0.6) is 11.5 Å². The molecule has 0 aromatic heterocycles. The maximum Gasteiger partial charge on any atom is 0.241 e. The lowest BCUT2D eigenvalue weighted by Crippen LogP contribution is -2.39. The van der Waals surface area contributed by atoms with E-state index < -0.39 is 6.04 Å². The largest absolute Gasteiger partial charge is 0.454 e. The van der Waals surface area contributed by atoms with E-state index in [-0.39, 0.29) is 18.5 Å². The Labute approximate surface area is 140 Å². The monoisotopic (exact) mass is 330 g/mol. The maximum atomic E-state index is 13.7. The molecule has 0 fully saturated rings. The molecule has 0 saturated heterocycles. The highest BCUT2D eigenvalue weighted by Gasteiger charge is 2.20. The molecule has 126 valence electrons. The molecule has 0 unspecified atom stereocenters. The zero-order valence-corrected chi connectivity index (χ0v) is 13.6. The van der Waals surface area contributed by atoms with E-state index in [9.17, 15) is 9.18 Å². The summed E-state index contributed by atoms with van der Waals surface area (Å²) in [5, 5.41) is 2.84. The van der Waals surface area contributed by atoms with Gasteiger partial charge in [-0.2, -0.15) is 0 Å². The zero-order chi connectivity index (χ0) is 17.1. The van der Waals surface area contributed by atoms with E-state index in [0.717, 1.165) is 0 Å². The van der Waals surface area contributed by atoms with Crippen LogP contribution in [0.3, 0.4) is 0 Å². The molecule has 1 aliphatic rings. The van der Waals surface area contributed by atoms with Crippen LogP contribution >= 0.6 is 0 Å². The molecule has 6 heteroatoms. The van der Waals surface area contributed by atoms with Gasteiger partial charge in [0.15, 0.2) is 11.5 Å². The first-order valence-electron chi connectivity index (χ1n) is 7.69. The molecule has 0 saturated carbocycles. The second-order valence-corrected chi connectivity index (χ2v) is 5.74. The molecule has 1 amide bonds. The number of carbonyl (C=O) groups excluding carboxylic acids is 1. The highest BCUT2D eigenvalue weighted by molar-refractivity contribution is 5.94. The third kappa shape index (κ3) is 3.49. The quantitative estimate of drug-likeness (QED) is 0.916. The van der Waals surface area contributed by atoms with Crippen molar-refractivity contribution in [3.63, 3.8) is 0 Å². The Hall–Kier alpha value is -2.60. The Kier molecular flexibility index (Phi) is 4.66. The van der Waals surface area contributed by atoms with Crippen molar-refractivity contribution in [1.29, 1.82) is 0 Å². The minimum absolute atomic E-state index is 0.173. The Bertz CT molecular complexity index is 751. The molecule has 24 heavy (non-hydrogen) atoms. The lowest BCUT2D eigenvalue weighted by molar-refractivity contribution is -0.120. The number of fused-ring (bicyclic) bond motifs is 1. The van der Waals surface area contributed by atoms with Gasteiger partial charge in [0.1, 0.15) is 5.82 Å². The van der Waals surface area contributed by atoms with Crippen LogP contribution in [0.2, 0.25) is 0 Å². The summed E-state index contributed by atoms with van der Waals surface area (Å²) in [6, 6.07) is 11.4. The van der Waals surface area contributed by atoms with Crippen molar-refractivity contribution in [2.45, 2.75) is 19.5 Å². The minimum atomic E-state index is -0.421. The van der Waals surface area contributed by atoms with E-state index in [1.54, 1.807) is 55.3 Å². The molecule has 1 N–H and O–H groups in total. The summed E-state index contributed by atoms with van der Waals surface area (Å²) in [5.74, 6) is 0.832. The number of likely N-dealkylation sites (N-methyl/N-ethyl adjacent to an activating group) is 1. The Balaban J connectivity index is 1.63. The van der Waals surface area contributed by atoms with E-state index in [0.29, 0.717) is 29.3 Å². The topological polar surface area (TPSA) is 50.8 Å². The standard InChI is InChI=1S/C18H19FN2O3/c1-12(21(2)10-13-5-3-4-6-15(13)19)18(22)20-14-7-8-16-17(9-14)24-11-23-16/h3-9,12H,10-11H2,1-2H3,(H,20,22)/t12-/m0/s1. The van der Waals surface area contributed by atoms with Gasteiger partial charge in [-0.3, -0.25) is 9.69 Å². The number of hydrogen-bond donors (Lipinski definition) is 1.